The van der Waals surface area contributed by atoms with Crippen LogP contribution in [-0.2, 0) is 0 Å². The molecule has 1 aromatic heterocycles. The van der Waals surface area contributed by atoms with Crippen LogP contribution in [0.2, 0.25) is 0 Å². The van der Waals surface area contributed by atoms with Gasteiger partial charge in [0.25, 0.3) is 0 Å². The summed E-state index contributed by atoms with van der Waals surface area (Å²) in [6.45, 7) is 7.55. The third-order valence-electron chi connectivity index (χ3n) is 4.89. The highest BCUT2D eigenvalue weighted by atomic mass is 15.1. The van der Waals surface area contributed by atoms with Crippen molar-refractivity contribution in [3.05, 3.63) is 18.2 Å². The third-order valence-corrected chi connectivity index (χ3v) is 4.89. The van der Waals surface area contributed by atoms with E-state index < -0.39 is 0 Å². The van der Waals surface area contributed by atoms with E-state index >= 15 is 0 Å². The maximum Gasteiger partial charge on any atom is 0.0950 e. The minimum absolute atomic E-state index is 0.432. The molecule has 0 spiro atoms. The molecule has 3 unspecified atom stereocenters. The summed E-state index contributed by atoms with van der Waals surface area (Å²) in [7, 11) is 0. The van der Waals surface area contributed by atoms with E-state index in [1.165, 1.54) is 37.8 Å². The van der Waals surface area contributed by atoms with Crippen molar-refractivity contribution in [2.24, 2.45) is 17.6 Å². The average molecular weight is 263 g/mol. The molecule has 0 amide bonds. The Balaban J connectivity index is 2.27. The highest BCUT2D eigenvalue weighted by molar-refractivity contribution is 5.10. The molecule has 3 atom stereocenters. The van der Waals surface area contributed by atoms with Crippen LogP contribution >= 0.6 is 0 Å². The minimum atomic E-state index is 0.432. The van der Waals surface area contributed by atoms with Crippen molar-refractivity contribution in [3.63, 3.8) is 0 Å². The van der Waals surface area contributed by atoms with Crippen LogP contribution in [0.5, 0.6) is 0 Å². The van der Waals surface area contributed by atoms with Gasteiger partial charge in [-0.15, -0.1) is 0 Å². The Morgan fingerprint density at radius 3 is 2.74 bits per heavy atom. The van der Waals surface area contributed by atoms with Gasteiger partial charge in [0.2, 0.25) is 0 Å². The van der Waals surface area contributed by atoms with Crippen LogP contribution in [0.25, 0.3) is 0 Å². The van der Waals surface area contributed by atoms with Crippen molar-refractivity contribution < 1.29 is 0 Å². The molecular weight excluding hydrogens is 234 g/mol. The number of hydrogen-bond donors (Lipinski definition) is 1. The molecule has 1 fully saturated rings. The summed E-state index contributed by atoms with van der Waals surface area (Å²) in [5.41, 5.74) is 7.34. The quantitative estimate of drug-likeness (QED) is 0.880. The number of nitrogens with zero attached hydrogens (tertiary/aromatic N) is 2. The minimum Gasteiger partial charge on any atom is -0.331 e. The lowest BCUT2D eigenvalue weighted by molar-refractivity contribution is 0.225. The summed E-state index contributed by atoms with van der Waals surface area (Å²) in [5, 5.41) is 0. The normalized spacial score (nSPS) is 25.7. The van der Waals surface area contributed by atoms with Gasteiger partial charge in [0.05, 0.1) is 6.33 Å². The number of imidazole rings is 1. The van der Waals surface area contributed by atoms with Crippen LogP contribution in [0, 0.1) is 11.8 Å². The Bertz CT molecular complexity index is 383. The zero-order valence-electron chi connectivity index (χ0n) is 12.7. The molecule has 0 saturated heterocycles. The van der Waals surface area contributed by atoms with E-state index in [1.807, 2.05) is 12.5 Å². The van der Waals surface area contributed by atoms with E-state index in [2.05, 4.69) is 30.3 Å². The molecule has 19 heavy (non-hydrogen) atoms. The van der Waals surface area contributed by atoms with E-state index in [0.29, 0.717) is 24.4 Å². The predicted molar refractivity (Wildman–Crippen MR) is 80.1 cm³/mol. The highest BCUT2D eigenvalue weighted by Crippen LogP contribution is 2.38. The summed E-state index contributed by atoms with van der Waals surface area (Å²) < 4.78 is 2.45. The van der Waals surface area contributed by atoms with Gasteiger partial charge in [-0.3, -0.25) is 0 Å². The zero-order chi connectivity index (χ0) is 13.8. The Hall–Kier alpha value is -0.830. The Morgan fingerprint density at radius 2 is 2.11 bits per heavy atom. The lowest BCUT2D eigenvalue weighted by Crippen LogP contribution is -2.27. The van der Waals surface area contributed by atoms with Gasteiger partial charge in [0.15, 0.2) is 0 Å². The van der Waals surface area contributed by atoms with E-state index in [0.717, 1.165) is 5.92 Å². The van der Waals surface area contributed by atoms with Gasteiger partial charge in [0.1, 0.15) is 0 Å². The molecule has 1 saturated carbocycles. The first-order valence-corrected chi connectivity index (χ1v) is 7.90. The van der Waals surface area contributed by atoms with E-state index in [4.69, 9.17) is 5.73 Å². The average Bonchev–Trinajstić information content (AvgIpc) is 2.88. The lowest BCUT2D eigenvalue weighted by atomic mass is 9.82. The van der Waals surface area contributed by atoms with Crippen LogP contribution in [0.4, 0.5) is 0 Å². The van der Waals surface area contributed by atoms with Gasteiger partial charge in [0, 0.05) is 30.4 Å². The fraction of sp³-hybridized carbons (Fsp3) is 0.812. The maximum absolute atomic E-state index is 5.99. The van der Waals surface area contributed by atoms with E-state index in [-0.39, 0.29) is 0 Å². The van der Waals surface area contributed by atoms with Crippen molar-refractivity contribution in [1.82, 2.24) is 9.55 Å². The lowest BCUT2D eigenvalue weighted by Gasteiger charge is -2.34. The van der Waals surface area contributed by atoms with Crippen LogP contribution in [0.15, 0.2) is 12.5 Å². The highest BCUT2D eigenvalue weighted by Gasteiger charge is 2.28. The molecule has 2 N–H and O–H groups in total. The molecule has 1 heterocycles. The number of nitrogens with two attached hydrogens (primary N) is 1. The first-order chi connectivity index (χ1) is 9.19. The van der Waals surface area contributed by atoms with Crippen LogP contribution in [0.3, 0.4) is 0 Å². The maximum atomic E-state index is 5.99. The molecule has 2 rings (SSSR count). The molecule has 0 radical (unpaired) electrons. The topological polar surface area (TPSA) is 43.8 Å². The molecule has 108 valence electrons. The predicted octanol–water partition coefficient (Wildman–Crippen LogP) is 3.72. The Kier molecular flexibility index (Phi) is 5.03. The Morgan fingerprint density at radius 1 is 1.37 bits per heavy atom. The molecule has 0 aromatic carbocycles. The number of hydrogen-bond acceptors (Lipinski definition) is 2. The summed E-state index contributed by atoms with van der Waals surface area (Å²) in [5.74, 6) is 1.82. The van der Waals surface area contributed by atoms with Crippen LogP contribution in [-0.4, -0.2) is 16.1 Å². The van der Waals surface area contributed by atoms with Crippen molar-refractivity contribution in [2.75, 3.05) is 6.54 Å². The van der Waals surface area contributed by atoms with Gasteiger partial charge < -0.3 is 10.3 Å². The smallest absolute Gasteiger partial charge is 0.0950 e. The summed E-state index contributed by atoms with van der Waals surface area (Å²) in [6, 6.07) is 0.643. The first-order valence-electron chi connectivity index (χ1n) is 7.90. The molecule has 1 aliphatic rings. The fourth-order valence-electron chi connectivity index (χ4n) is 3.64. The second-order valence-corrected chi connectivity index (χ2v) is 6.33. The Labute approximate surface area is 117 Å². The van der Waals surface area contributed by atoms with Crippen molar-refractivity contribution >= 4 is 0 Å². The summed E-state index contributed by atoms with van der Waals surface area (Å²) in [6.07, 6.45) is 10.8. The van der Waals surface area contributed by atoms with Gasteiger partial charge >= 0.3 is 0 Å². The second kappa shape index (κ2) is 6.56. The molecule has 0 bridgehead atoms. The van der Waals surface area contributed by atoms with Crippen molar-refractivity contribution in [3.8, 4) is 0 Å². The largest absolute Gasteiger partial charge is 0.331 e. The number of rotatable bonds is 5. The molecule has 3 heteroatoms. The van der Waals surface area contributed by atoms with E-state index in [9.17, 15) is 0 Å². The van der Waals surface area contributed by atoms with Gasteiger partial charge in [-0.05, 0) is 24.7 Å². The van der Waals surface area contributed by atoms with Gasteiger partial charge in [-0.25, -0.2) is 4.98 Å². The molecule has 3 nitrogen and oxygen atoms in total. The molecular formula is C16H29N3. The third kappa shape index (κ3) is 3.02. The monoisotopic (exact) mass is 263 g/mol. The SMILES string of the molecule is CCC1CCCCC1n1cncc1C(CN)C(C)C. The van der Waals surface area contributed by atoms with Crippen molar-refractivity contribution in [2.45, 2.75) is 64.8 Å². The summed E-state index contributed by atoms with van der Waals surface area (Å²) >= 11 is 0. The molecule has 0 aliphatic heterocycles. The van der Waals surface area contributed by atoms with Crippen molar-refractivity contribution in [1.29, 1.82) is 0 Å². The molecule has 1 aliphatic carbocycles. The van der Waals surface area contributed by atoms with Crippen LogP contribution < -0.4 is 5.73 Å². The van der Waals surface area contributed by atoms with Gasteiger partial charge in [-0.1, -0.05) is 40.0 Å². The fourth-order valence-corrected chi connectivity index (χ4v) is 3.64. The van der Waals surface area contributed by atoms with Gasteiger partial charge in [-0.2, -0.15) is 0 Å². The van der Waals surface area contributed by atoms with Crippen LogP contribution in [0.1, 0.15) is 70.5 Å². The van der Waals surface area contributed by atoms with E-state index in [1.54, 1.807) is 0 Å². The zero-order valence-corrected chi connectivity index (χ0v) is 12.7. The number of aromatic nitrogens is 2. The molecule has 1 aromatic rings. The summed E-state index contributed by atoms with van der Waals surface area (Å²) in [4.78, 5) is 4.42. The second-order valence-electron chi connectivity index (χ2n) is 6.33. The first kappa shape index (κ1) is 14.6. The standard InChI is InChI=1S/C16H29N3/c1-4-13-7-5-6-8-15(13)19-11-18-10-16(19)14(9-17)12(2)3/h10-15H,4-9,17H2,1-3H3.